The van der Waals surface area contributed by atoms with Crippen LogP contribution in [0.4, 0.5) is 0 Å². The first-order chi connectivity index (χ1) is 32.0. The van der Waals surface area contributed by atoms with Crippen LogP contribution in [0.2, 0.25) is 0 Å². The molecule has 0 aromatic carbocycles. The zero-order chi connectivity index (χ0) is 47.2. The maximum atomic E-state index is 12.8. The first-order valence-electron chi connectivity index (χ1n) is 26.7. The van der Waals surface area contributed by atoms with Gasteiger partial charge >= 0.3 is 17.9 Å². The third kappa shape index (κ3) is 51.2. The first kappa shape index (κ1) is 61.3. The smallest absolute Gasteiger partial charge is 0.306 e. The van der Waals surface area contributed by atoms with Gasteiger partial charge in [0, 0.05) is 19.3 Å². The molecule has 1 atom stereocenters. The summed E-state index contributed by atoms with van der Waals surface area (Å²) in [6, 6.07) is 0. The second-order valence-electron chi connectivity index (χ2n) is 17.4. The van der Waals surface area contributed by atoms with Crippen molar-refractivity contribution in [3.63, 3.8) is 0 Å². The van der Waals surface area contributed by atoms with Crippen molar-refractivity contribution in [2.45, 2.75) is 245 Å². The highest BCUT2D eigenvalue weighted by atomic mass is 16.6. The van der Waals surface area contributed by atoms with Crippen LogP contribution in [0.3, 0.4) is 0 Å². The van der Waals surface area contributed by atoms with Gasteiger partial charge in [0.2, 0.25) is 0 Å². The minimum atomic E-state index is -0.790. The van der Waals surface area contributed by atoms with Crippen molar-refractivity contribution in [3.05, 3.63) is 97.2 Å². The Bertz CT molecular complexity index is 1310. The van der Waals surface area contributed by atoms with Crippen molar-refractivity contribution < 1.29 is 28.6 Å². The molecule has 0 N–H and O–H groups in total. The second-order valence-corrected chi connectivity index (χ2v) is 17.4. The minimum Gasteiger partial charge on any atom is -0.462 e. The van der Waals surface area contributed by atoms with Crippen LogP contribution in [0.25, 0.3) is 0 Å². The fourth-order valence-electron chi connectivity index (χ4n) is 7.06. The number of carbonyl (C=O) groups is 3. The van der Waals surface area contributed by atoms with Crippen molar-refractivity contribution >= 4 is 17.9 Å². The van der Waals surface area contributed by atoms with Gasteiger partial charge in [-0.15, -0.1) is 0 Å². The summed E-state index contributed by atoms with van der Waals surface area (Å²) >= 11 is 0. The van der Waals surface area contributed by atoms with Crippen LogP contribution < -0.4 is 0 Å². The molecule has 6 heteroatoms. The maximum Gasteiger partial charge on any atom is 0.306 e. The van der Waals surface area contributed by atoms with Gasteiger partial charge in [-0.2, -0.15) is 0 Å². The SMILES string of the molecule is CC/C=C\C/C=C\C/C=C\C/C=C\C/C=C\C/C=C\CCCCCCC(=O)OCC(COC(=O)CCCCCCCC)OC(=O)CCCCCCCCC/C=C\C/C=C\CCCCCC. The van der Waals surface area contributed by atoms with Gasteiger partial charge in [0.15, 0.2) is 6.10 Å². The molecule has 0 amide bonds. The molecule has 0 aliphatic carbocycles. The molecule has 0 heterocycles. The van der Waals surface area contributed by atoms with E-state index < -0.39 is 6.10 Å². The number of allylic oxidation sites excluding steroid dienone is 16. The Morgan fingerprint density at radius 2 is 0.600 bits per heavy atom. The lowest BCUT2D eigenvalue weighted by Gasteiger charge is -2.18. The number of esters is 3. The first-order valence-corrected chi connectivity index (χ1v) is 26.7. The minimum absolute atomic E-state index is 0.0900. The van der Waals surface area contributed by atoms with Gasteiger partial charge < -0.3 is 14.2 Å². The van der Waals surface area contributed by atoms with Crippen LogP contribution in [-0.4, -0.2) is 37.2 Å². The Morgan fingerprint density at radius 3 is 0.954 bits per heavy atom. The molecule has 0 aliphatic heterocycles. The van der Waals surface area contributed by atoms with E-state index in [1.165, 1.54) is 77.0 Å². The van der Waals surface area contributed by atoms with Crippen LogP contribution in [0.1, 0.15) is 239 Å². The average Bonchev–Trinajstić information content (AvgIpc) is 3.30. The number of carbonyl (C=O) groups excluding carboxylic acids is 3. The Hall–Kier alpha value is -3.67. The van der Waals surface area contributed by atoms with E-state index >= 15 is 0 Å². The zero-order valence-electron chi connectivity index (χ0n) is 42.2. The number of hydrogen-bond donors (Lipinski definition) is 0. The molecule has 0 aliphatic rings. The molecular weight excluding hydrogens is 805 g/mol. The molecule has 6 nitrogen and oxygen atoms in total. The molecule has 0 saturated heterocycles. The lowest BCUT2D eigenvalue weighted by atomic mass is 10.1. The van der Waals surface area contributed by atoms with Gasteiger partial charge in [0.05, 0.1) is 0 Å². The Balaban J connectivity index is 4.28. The van der Waals surface area contributed by atoms with Crippen molar-refractivity contribution in [1.29, 1.82) is 0 Å². The lowest BCUT2D eigenvalue weighted by Crippen LogP contribution is -2.30. The second kappa shape index (κ2) is 52.9. The number of hydrogen-bond acceptors (Lipinski definition) is 6. The predicted molar refractivity (Wildman–Crippen MR) is 279 cm³/mol. The van der Waals surface area contributed by atoms with Gasteiger partial charge in [-0.25, -0.2) is 0 Å². The fourth-order valence-corrected chi connectivity index (χ4v) is 7.06. The van der Waals surface area contributed by atoms with Gasteiger partial charge in [0.1, 0.15) is 13.2 Å². The van der Waals surface area contributed by atoms with E-state index in [2.05, 4.69) is 118 Å². The van der Waals surface area contributed by atoms with E-state index in [4.69, 9.17) is 14.2 Å². The van der Waals surface area contributed by atoms with Crippen LogP contribution in [0, 0.1) is 0 Å². The molecule has 370 valence electrons. The Kier molecular flexibility index (Phi) is 50.0. The van der Waals surface area contributed by atoms with E-state index in [0.717, 1.165) is 122 Å². The third-order valence-corrected chi connectivity index (χ3v) is 11.1. The summed E-state index contributed by atoms with van der Waals surface area (Å²) in [5.41, 5.74) is 0. The molecule has 0 fully saturated rings. The Morgan fingerprint density at radius 1 is 0.323 bits per heavy atom. The number of unbranched alkanes of at least 4 members (excludes halogenated alkanes) is 20. The van der Waals surface area contributed by atoms with Crippen molar-refractivity contribution in [2.24, 2.45) is 0 Å². The maximum absolute atomic E-state index is 12.8. The molecule has 1 unspecified atom stereocenters. The summed E-state index contributed by atoms with van der Waals surface area (Å²) in [6.45, 7) is 6.41. The van der Waals surface area contributed by atoms with Crippen LogP contribution in [-0.2, 0) is 28.6 Å². The zero-order valence-corrected chi connectivity index (χ0v) is 42.2. The molecule has 0 aromatic heterocycles. The topological polar surface area (TPSA) is 78.9 Å². The molecular formula is C59H98O6. The molecule has 0 radical (unpaired) electrons. The summed E-state index contributed by atoms with van der Waals surface area (Å²) < 4.78 is 16.7. The summed E-state index contributed by atoms with van der Waals surface area (Å²) in [7, 11) is 0. The van der Waals surface area contributed by atoms with Crippen LogP contribution in [0.15, 0.2) is 97.2 Å². The molecule has 0 rings (SSSR count). The average molecular weight is 903 g/mol. The van der Waals surface area contributed by atoms with Gasteiger partial charge in [-0.3, -0.25) is 14.4 Å². The van der Waals surface area contributed by atoms with Gasteiger partial charge in [-0.1, -0.05) is 214 Å². The van der Waals surface area contributed by atoms with Crippen molar-refractivity contribution in [1.82, 2.24) is 0 Å². The summed E-state index contributed by atoms with van der Waals surface area (Å²) in [6.07, 6.45) is 69.9. The lowest BCUT2D eigenvalue weighted by molar-refractivity contribution is -0.167. The van der Waals surface area contributed by atoms with E-state index in [0.29, 0.717) is 19.3 Å². The standard InChI is InChI=1S/C59H98O6/c1-4-7-10-13-16-18-20-22-24-26-28-29-30-31-32-34-35-37-39-41-43-46-49-52-58(61)64-55-56(54-63-57(60)51-48-45-15-12-9-6-3)65-59(62)53-50-47-44-42-40-38-36-33-27-25-23-21-19-17-14-11-8-5-2/h7,10,16,18-19,21-22,24-25,27-29,31-32,35,37,56H,4-6,8-9,11-15,17,20,23,26,30,33-34,36,38-55H2,1-3H3/b10-7-,18-16-,21-19-,24-22-,27-25-,29-28-,32-31-,37-35-. The number of ether oxygens (including phenoxy) is 3. The van der Waals surface area contributed by atoms with E-state index in [1.54, 1.807) is 0 Å². The molecule has 0 aromatic rings. The number of rotatable bonds is 47. The third-order valence-electron chi connectivity index (χ3n) is 11.1. The van der Waals surface area contributed by atoms with Crippen molar-refractivity contribution in [2.75, 3.05) is 13.2 Å². The fraction of sp³-hybridized carbons (Fsp3) is 0.678. The van der Waals surface area contributed by atoms with E-state index in [-0.39, 0.29) is 31.1 Å². The van der Waals surface area contributed by atoms with E-state index in [1.807, 2.05) is 0 Å². The molecule has 0 bridgehead atoms. The highest BCUT2D eigenvalue weighted by Crippen LogP contribution is 2.13. The summed E-state index contributed by atoms with van der Waals surface area (Å²) in [4.78, 5) is 37.8. The molecule has 0 spiro atoms. The normalized spacial score (nSPS) is 12.8. The predicted octanol–water partition coefficient (Wildman–Crippen LogP) is 17.8. The molecule has 65 heavy (non-hydrogen) atoms. The Labute approximate surface area is 400 Å². The van der Waals surface area contributed by atoms with Gasteiger partial charge in [-0.05, 0) is 103 Å². The van der Waals surface area contributed by atoms with Gasteiger partial charge in [0.25, 0.3) is 0 Å². The largest absolute Gasteiger partial charge is 0.462 e. The van der Waals surface area contributed by atoms with E-state index in [9.17, 15) is 14.4 Å². The highest BCUT2D eigenvalue weighted by Gasteiger charge is 2.19. The van der Waals surface area contributed by atoms with Crippen LogP contribution >= 0.6 is 0 Å². The molecule has 0 saturated carbocycles. The van der Waals surface area contributed by atoms with Crippen LogP contribution in [0.5, 0.6) is 0 Å². The monoisotopic (exact) mass is 903 g/mol. The highest BCUT2D eigenvalue weighted by molar-refractivity contribution is 5.71. The quantitative estimate of drug-likeness (QED) is 0.0262. The summed E-state index contributed by atoms with van der Waals surface area (Å²) in [5.74, 6) is -0.935. The van der Waals surface area contributed by atoms with Crippen molar-refractivity contribution in [3.8, 4) is 0 Å². The summed E-state index contributed by atoms with van der Waals surface area (Å²) in [5, 5.41) is 0.